The van der Waals surface area contributed by atoms with Gasteiger partial charge in [-0.05, 0) is 43.9 Å². The number of rotatable bonds is 6. The topological polar surface area (TPSA) is 41.9 Å². The molecule has 2 aliphatic heterocycles. The van der Waals surface area contributed by atoms with E-state index in [-0.39, 0.29) is 6.10 Å². The van der Waals surface area contributed by atoms with Crippen LogP contribution in [0.25, 0.3) is 0 Å². The first-order chi connectivity index (χ1) is 11.2. The van der Waals surface area contributed by atoms with Crippen LogP contribution in [0.15, 0.2) is 24.3 Å². The second kappa shape index (κ2) is 8.45. The van der Waals surface area contributed by atoms with Crippen LogP contribution in [0, 0.1) is 0 Å². The minimum Gasteiger partial charge on any atom is -0.389 e. The smallest absolute Gasteiger partial charge is 0.0900 e. The van der Waals surface area contributed by atoms with Crippen LogP contribution in [0.4, 0.5) is 0 Å². The standard InChI is InChI=1S/C18H26ClNO3/c19-17-5-2-1-4-16(17)18-6-3-9-20(18)12-14(21)13-23-15-7-10-22-11-8-15/h1-2,4-5,14-15,18,21H,3,6-13H2. The van der Waals surface area contributed by atoms with Crippen molar-refractivity contribution in [1.29, 1.82) is 0 Å². The molecule has 128 valence electrons. The zero-order chi connectivity index (χ0) is 16.1. The van der Waals surface area contributed by atoms with Crippen molar-refractivity contribution < 1.29 is 14.6 Å². The highest BCUT2D eigenvalue weighted by molar-refractivity contribution is 6.31. The van der Waals surface area contributed by atoms with Gasteiger partial charge in [0, 0.05) is 30.8 Å². The summed E-state index contributed by atoms with van der Waals surface area (Å²) in [7, 11) is 0. The summed E-state index contributed by atoms with van der Waals surface area (Å²) in [5, 5.41) is 11.2. The maximum Gasteiger partial charge on any atom is 0.0900 e. The number of nitrogens with zero attached hydrogens (tertiary/aromatic N) is 1. The fraction of sp³-hybridized carbons (Fsp3) is 0.667. The van der Waals surface area contributed by atoms with E-state index in [9.17, 15) is 5.11 Å². The van der Waals surface area contributed by atoms with Crippen molar-refractivity contribution in [3.63, 3.8) is 0 Å². The van der Waals surface area contributed by atoms with E-state index in [1.54, 1.807) is 0 Å². The first-order valence-corrected chi connectivity index (χ1v) is 8.97. The first-order valence-electron chi connectivity index (χ1n) is 8.60. The molecule has 1 aromatic carbocycles. The average molecular weight is 340 g/mol. The molecule has 1 N–H and O–H groups in total. The Morgan fingerprint density at radius 3 is 2.83 bits per heavy atom. The van der Waals surface area contributed by atoms with Crippen molar-refractivity contribution >= 4 is 11.6 Å². The molecular formula is C18H26ClNO3. The van der Waals surface area contributed by atoms with Crippen LogP contribution in [0.1, 0.15) is 37.3 Å². The van der Waals surface area contributed by atoms with Crippen LogP contribution in [0.5, 0.6) is 0 Å². The number of halogens is 1. The molecule has 0 aliphatic carbocycles. The summed E-state index contributed by atoms with van der Waals surface area (Å²) in [6.45, 7) is 3.57. The van der Waals surface area contributed by atoms with E-state index in [0.29, 0.717) is 19.2 Å². The van der Waals surface area contributed by atoms with Crippen molar-refractivity contribution in [2.75, 3.05) is 32.9 Å². The molecule has 2 saturated heterocycles. The van der Waals surface area contributed by atoms with E-state index in [2.05, 4.69) is 11.0 Å². The molecular weight excluding hydrogens is 314 g/mol. The van der Waals surface area contributed by atoms with Gasteiger partial charge in [0.1, 0.15) is 0 Å². The quantitative estimate of drug-likeness (QED) is 0.865. The van der Waals surface area contributed by atoms with Crippen LogP contribution < -0.4 is 0 Å². The van der Waals surface area contributed by atoms with Crippen molar-refractivity contribution in [3.8, 4) is 0 Å². The van der Waals surface area contributed by atoms with Gasteiger partial charge >= 0.3 is 0 Å². The Balaban J connectivity index is 1.51. The molecule has 4 nitrogen and oxygen atoms in total. The molecule has 5 heteroatoms. The van der Waals surface area contributed by atoms with E-state index in [0.717, 1.165) is 50.5 Å². The molecule has 2 fully saturated rings. The van der Waals surface area contributed by atoms with E-state index in [4.69, 9.17) is 21.1 Å². The Hall–Kier alpha value is -0.650. The molecule has 2 heterocycles. The Morgan fingerprint density at radius 2 is 2.04 bits per heavy atom. The third-order valence-corrected chi connectivity index (χ3v) is 5.11. The Labute approximate surface area is 143 Å². The molecule has 23 heavy (non-hydrogen) atoms. The van der Waals surface area contributed by atoms with Crippen LogP contribution >= 0.6 is 11.6 Å². The van der Waals surface area contributed by atoms with Gasteiger partial charge in [0.15, 0.2) is 0 Å². The number of ether oxygens (including phenoxy) is 2. The van der Waals surface area contributed by atoms with E-state index in [1.807, 2.05) is 18.2 Å². The predicted octanol–water partition coefficient (Wildman–Crippen LogP) is 3.03. The number of likely N-dealkylation sites (tertiary alicyclic amines) is 1. The zero-order valence-corrected chi connectivity index (χ0v) is 14.3. The van der Waals surface area contributed by atoms with Crippen LogP contribution in [-0.2, 0) is 9.47 Å². The van der Waals surface area contributed by atoms with Gasteiger partial charge in [-0.1, -0.05) is 29.8 Å². The molecule has 0 radical (unpaired) electrons. The molecule has 2 unspecified atom stereocenters. The largest absolute Gasteiger partial charge is 0.389 e. The summed E-state index contributed by atoms with van der Waals surface area (Å²) >= 11 is 6.34. The average Bonchev–Trinajstić information content (AvgIpc) is 3.02. The van der Waals surface area contributed by atoms with Crippen LogP contribution in [-0.4, -0.2) is 55.1 Å². The highest BCUT2D eigenvalue weighted by atomic mass is 35.5. The van der Waals surface area contributed by atoms with E-state index >= 15 is 0 Å². The molecule has 1 aromatic rings. The SMILES string of the molecule is OC(COC1CCOCC1)CN1CCCC1c1ccccc1Cl. The van der Waals surface area contributed by atoms with E-state index in [1.165, 1.54) is 5.56 Å². The van der Waals surface area contributed by atoms with Gasteiger partial charge in [0.2, 0.25) is 0 Å². The summed E-state index contributed by atoms with van der Waals surface area (Å²) < 4.78 is 11.2. The molecule has 0 saturated carbocycles. The lowest BCUT2D eigenvalue weighted by Gasteiger charge is -2.29. The zero-order valence-electron chi connectivity index (χ0n) is 13.5. The number of benzene rings is 1. The fourth-order valence-corrected chi connectivity index (χ4v) is 3.82. The highest BCUT2D eigenvalue weighted by Gasteiger charge is 2.29. The third-order valence-electron chi connectivity index (χ3n) is 4.77. The van der Waals surface area contributed by atoms with Gasteiger partial charge < -0.3 is 14.6 Å². The maximum atomic E-state index is 10.3. The third kappa shape index (κ3) is 4.68. The molecule has 0 amide bonds. The van der Waals surface area contributed by atoms with Gasteiger partial charge in [-0.2, -0.15) is 0 Å². The summed E-state index contributed by atoms with van der Waals surface area (Å²) in [5.41, 5.74) is 1.17. The summed E-state index contributed by atoms with van der Waals surface area (Å²) in [6, 6.07) is 8.33. The van der Waals surface area contributed by atoms with Crippen molar-refractivity contribution in [1.82, 2.24) is 4.90 Å². The lowest BCUT2D eigenvalue weighted by atomic mass is 10.0. The highest BCUT2D eigenvalue weighted by Crippen LogP contribution is 2.35. The van der Waals surface area contributed by atoms with Gasteiger partial charge in [0.25, 0.3) is 0 Å². The maximum absolute atomic E-state index is 10.3. The Kier molecular flexibility index (Phi) is 6.31. The number of aliphatic hydroxyl groups is 1. The second-order valence-electron chi connectivity index (χ2n) is 6.47. The van der Waals surface area contributed by atoms with Gasteiger partial charge in [-0.15, -0.1) is 0 Å². The normalized spacial score (nSPS) is 24.9. The summed E-state index contributed by atoms with van der Waals surface area (Å²) in [4.78, 5) is 2.33. The molecule has 2 aliphatic rings. The monoisotopic (exact) mass is 339 g/mol. The van der Waals surface area contributed by atoms with Crippen LogP contribution in [0.2, 0.25) is 5.02 Å². The van der Waals surface area contributed by atoms with Crippen molar-refractivity contribution in [2.45, 2.75) is 43.9 Å². The van der Waals surface area contributed by atoms with Crippen LogP contribution in [0.3, 0.4) is 0 Å². The van der Waals surface area contributed by atoms with Gasteiger partial charge in [-0.3, -0.25) is 4.90 Å². The number of aliphatic hydroxyl groups excluding tert-OH is 1. The number of β-amino-alcohol motifs (C(OH)–C–C–N with tert-alkyl or cyclic N) is 1. The van der Waals surface area contributed by atoms with Crippen molar-refractivity contribution in [3.05, 3.63) is 34.9 Å². The summed E-state index contributed by atoms with van der Waals surface area (Å²) in [6.07, 6.45) is 3.87. The predicted molar refractivity (Wildman–Crippen MR) is 90.8 cm³/mol. The Bertz CT molecular complexity index is 493. The van der Waals surface area contributed by atoms with E-state index < -0.39 is 6.10 Å². The molecule has 3 rings (SSSR count). The first kappa shape index (κ1) is 17.2. The Morgan fingerprint density at radius 1 is 1.26 bits per heavy atom. The molecule has 0 aromatic heterocycles. The minimum atomic E-state index is -0.457. The molecule has 0 spiro atoms. The number of hydrogen-bond acceptors (Lipinski definition) is 4. The van der Waals surface area contributed by atoms with Gasteiger partial charge in [0.05, 0.1) is 18.8 Å². The second-order valence-corrected chi connectivity index (χ2v) is 6.88. The lowest BCUT2D eigenvalue weighted by molar-refractivity contribution is -0.0647. The lowest BCUT2D eigenvalue weighted by Crippen LogP contribution is -2.36. The van der Waals surface area contributed by atoms with Crippen molar-refractivity contribution in [2.24, 2.45) is 0 Å². The molecule has 0 bridgehead atoms. The molecule has 2 atom stereocenters. The minimum absolute atomic E-state index is 0.233. The fourth-order valence-electron chi connectivity index (χ4n) is 3.56. The summed E-state index contributed by atoms with van der Waals surface area (Å²) in [5.74, 6) is 0. The number of hydrogen-bond donors (Lipinski definition) is 1. The van der Waals surface area contributed by atoms with Gasteiger partial charge in [-0.25, -0.2) is 0 Å².